The van der Waals surface area contributed by atoms with Gasteiger partial charge in [0.1, 0.15) is 5.82 Å². The highest BCUT2D eigenvalue weighted by Gasteiger charge is 2.57. The smallest absolute Gasteiger partial charge is 0.142 e. The summed E-state index contributed by atoms with van der Waals surface area (Å²) < 4.78 is 5.37. The van der Waals surface area contributed by atoms with Gasteiger partial charge in [-0.3, -0.25) is 9.91 Å². The minimum Gasteiger partial charge on any atom is -0.382 e. The van der Waals surface area contributed by atoms with Crippen LogP contribution in [0.3, 0.4) is 0 Å². The summed E-state index contributed by atoms with van der Waals surface area (Å²) in [5, 5.41) is 7.88. The topological polar surface area (TPSA) is 67.0 Å². The predicted octanol–water partition coefficient (Wildman–Crippen LogP) is 3.03. The third kappa shape index (κ3) is 3.78. The van der Waals surface area contributed by atoms with Gasteiger partial charge in [-0.1, -0.05) is 31.0 Å². The molecule has 0 bridgehead atoms. The molecule has 0 amide bonds. The molecule has 2 saturated carbocycles. The van der Waals surface area contributed by atoms with E-state index in [0.717, 1.165) is 48.8 Å². The van der Waals surface area contributed by atoms with Crippen LogP contribution in [0.25, 0.3) is 0 Å². The molecule has 156 valence electrons. The molecule has 7 heteroatoms. The molecule has 0 aromatic carbocycles. The van der Waals surface area contributed by atoms with E-state index >= 15 is 0 Å². The van der Waals surface area contributed by atoms with Gasteiger partial charge in [-0.05, 0) is 42.7 Å². The van der Waals surface area contributed by atoms with Crippen molar-refractivity contribution in [3.05, 3.63) is 35.5 Å². The van der Waals surface area contributed by atoms with Crippen LogP contribution in [0.15, 0.2) is 30.0 Å². The summed E-state index contributed by atoms with van der Waals surface area (Å²) in [6, 6.07) is 3.03. The molecule has 0 unspecified atom stereocenters. The summed E-state index contributed by atoms with van der Waals surface area (Å²) >= 11 is 6.19. The van der Waals surface area contributed by atoms with Gasteiger partial charge >= 0.3 is 0 Å². The lowest BCUT2D eigenvalue weighted by Gasteiger charge is -2.36. The second-order valence-corrected chi connectivity index (χ2v) is 9.38. The first-order valence-electron chi connectivity index (χ1n) is 10.8. The van der Waals surface area contributed by atoms with Gasteiger partial charge in [-0.2, -0.15) is 5.10 Å². The first kappa shape index (κ1) is 19.3. The SMILES string of the molecule is C=C/C(=N\N(C[C@H]1[C@@H]2CN(C3COC3)C[C@@H]21)C1CCCC1)c1cnc(N)c(Cl)c1. The highest BCUT2D eigenvalue weighted by molar-refractivity contribution is 6.33. The maximum absolute atomic E-state index is 6.19. The van der Waals surface area contributed by atoms with Crippen molar-refractivity contribution < 1.29 is 4.74 Å². The molecule has 0 spiro atoms. The minimum absolute atomic E-state index is 0.346. The van der Waals surface area contributed by atoms with E-state index in [1.165, 1.54) is 38.8 Å². The van der Waals surface area contributed by atoms with Crippen LogP contribution in [0.1, 0.15) is 31.2 Å². The summed E-state index contributed by atoms with van der Waals surface area (Å²) in [6.07, 6.45) is 8.58. The van der Waals surface area contributed by atoms with Crippen molar-refractivity contribution in [1.29, 1.82) is 0 Å². The highest BCUT2D eigenvalue weighted by atomic mass is 35.5. The number of hydrazone groups is 1. The van der Waals surface area contributed by atoms with Crippen LogP contribution in [0, 0.1) is 17.8 Å². The lowest BCUT2D eigenvalue weighted by atomic mass is 10.1. The van der Waals surface area contributed by atoms with Crippen LogP contribution < -0.4 is 5.73 Å². The summed E-state index contributed by atoms with van der Waals surface area (Å²) in [5.41, 5.74) is 7.47. The summed E-state index contributed by atoms with van der Waals surface area (Å²) in [5.74, 6) is 2.76. The van der Waals surface area contributed by atoms with E-state index in [1.54, 1.807) is 12.3 Å². The van der Waals surface area contributed by atoms with Gasteiger partial charge in [0.25, 0.3) is 0 Å². The number of nitrogens with two attached hydrogens (primary N) is 1. The number of ether oxygens (including phenoxy) is 1. The molecule has 2 N–H and O–H groups in total. The minimum atomic E-state index is 0.346. The maximum Gasteiger partial charge on any atom is 0.142 e. The third-order valence-corrected chi connectivity index (χ3v) is 7.58. The number of nitrogens with zero attached hydrogens (tertiary/aromatic N) is 4. The second kappa shape index (κ2) is 7.89. The van der Waals surface area contributed by atoms with Crippen LogP contribution in [0.2, 0.25) is 5.02 Å². The molecular formula is C22H30ClN5O. The number of pyridine rings is 1. The van der Waals surface area contributed by atoms with Crippen LogP contribution >= 0.6 is 11.6 Å². The van der Waals surface area contributed by atoms with E-state index in [2.05, 4.69) is 21.5 Å². The van der Waals surface area contributed by atoms with E-state index in [4.69, 9.17) is 27.2 Å². The maximum atomic E-state index is 6.19. The zero-order chi connectivity index (χ0) is 20.0. The average molecular weight is 416 g/mol. The van der Waals surface area contributed by atoms with Gasteiger partial charge in [0.2, 0.25) is 0 Å². The molecule has 2 saturated heterocycles. The molecule has 5 rings (SSSR count). The quantitative estimate of drug-likeness (QED) is 0.547. The lowest BCUT2D eigenvalue weighted by Crippen LogP contribution is -2.49. The Morgan fingerprint density at radius 1 is 1.34 bits per heavy atom. The Balaban J connectivity index is 1.30. The Morgan fingerprint density at radius 3 is 2.66 bits per heavy atom. The fourth-order valence-corrected chi connectivity index (χ4v) is 5.48. The molecule has 3 atom stereocenters. The van der Waals surface area contributed by atoms with E-state index in [-0.39, 0.29) is 0 Å². The first-order chi connectivity index (χ1) is 14.1. The van der Waals surface area contributed by atoms with Gasteiger partial charge in [0.15, 0.2) is 0 Å². The first-order valence-corrected chi connectivity index (χ1v) is 11.2. The molecule has 2 aliphatic carbocycles. The summed E-state index contributed by atoms with van der Waals surface area (Å²) in [7, 11) is 0. The molecule has 1 aromatic rings. The molecule has 0 radical (unpaired) electrons. The standard InChI is InChI=1S/C22H30ClN5O/c1-2-21(14-7-20(23)22(24)25-8-14)26-28(15-5-3-4-6-15)11-19-17-9-27(10-18(17)19)16-12-29-13-16/h2,7-8,15-19H,1,3-6,9-13H2,(H2,24,25)/b26-21+/t17-,18+,19+. The molecule has 1 aromatic heterocycles. The Hall–Kier alpha value is -1.63. The fourth-order valence-electron chi connectivity index (χ4n) is 5.32. The van der Waals surface area contributed by atoms with Crippen molar-refractivity contribution in [1.82, 2.24) is 14.9 Å². The van der Waals surface area contributed by atoms with Gasteiger partial charge in [-0.25, -0.2) is 4.98 Å². The van der Waals surface area contributed by atoms with Gasteiger partial charge < -0.3 is 10.5 Å². The zero-order valence-corrected chi connectivity index (χ0v) is 17.6. The van der Waals surface area contributed by atoms with Crippen molar-refractivity contribution in [2.24, 2.45) is 22.9 Å². The van der Waals surface area contributed by atoms with Gasteiger partial charge in [0.05, 0.1) is 30.0 Å². The monoisotopic (exact) mass is 415 g/mol. The average Bonchev–Trinajstić information content (AvgIpc) is 3.10. The number of allylic oxidation sites excluding steroid dienone is 1. The normalized spacial score (nSPS) is 30.2. The molecule has 6 nitrogen and oxygen atoms in total. The summed E-state index contributed by atoms with van der Waals surface area (Å²) in [6.45, 7) is 9.34. The van der Waals surface area contributed by atoms with Crippen molar-refractivity contribution in [3.8, 4) is 0 Å². The third-order valence-electron chi connectivity index (χ3n) is 7.28. The van der Waals surface area contributed by atoms with Crippen LogP contribution in [0.5, 0.6) is 0 Å². The van der Waals surface area contributed by atoms with Crippen molar-refractivity contribution in [2.45, 2.75) is 37.8 Å². The van der Waals surface area contributed by atoms with E-state index in [9.17, 15) is 0 Å². The zero-order valence-electron chi connectivity index (χ0n) is 16.8. The summed E-state index contributed by atoms with van der Waals surface area (Å²) in [4.78, 5) is 6.83. The van der Waals surface area contributed by atoms with Crippen LogP contribution in [-0.4, -0.2) is 65.5 Å². The number of anilines is 1. The van der Waals surface area contributed by atoms with E-state index in [1.807, 2.05) is 6.07 Å². The van der Waals surface area contributed by atoms with E-state index < -0.39 is 0 Å². The number of rotatable bonds is 7. The number of likely N-dealkylation sites (tertiary alicyclic amines) is 1. The molecule has 4 fully saturated rings. The highest BCUT2D eigenvalue weighted by Crippen LogP contribution is 2.53. The van der Waals surface area contributed by atoms with Crippen LogP contribution in [-0.2, 0) is 4.74 Å². The Bertz CT molecular complexity index is 792. The predicted molar refractivity (Wildman–Crippen MR) is 116 cm³/mol. The van der Waals surface area contributed by atoms with E-state index in [0.29, 0.717) is 22.9 Å². The molecule has 4 aliphatic rings. The Kier molecular flexibility index (Phi) is 5.26. The number of aromatic nitrogens is 1. The number of fused-ring (bicyclic) bond motifs is 1. The number of nitrogen functional groups attached to an aromatic ring is 1. The Morgan fingerprint density at radius 2 is 2.07 bits per heavy atom. The fraction of sp³-hybridized carbons (Fsp3) is 0.636. The second-order valence-electron chi connectivity index (χ2n) is 8.98. The van der Waals surface area contributed by atoms with Crippen molar-refractivity contribution >= 4 is 23.1 Å². The van der Waals surface area contributed by atoms with Crippen molar-refractivity contribution in [3.63, 3.8) is 0 Å². The number of hydrogen-bond acceptors (Lipinski definition) is 6. The molecule has 2 aliphatic heterocycles. The lowest BCUT2D eigenvalue weighted by molar-refractivity contribution is -0.0621. The number of halogens is 1. The van der Waals surface area contributed by atoms with Gasteiger partial charge in [0, 0.05) is 37.4 Å². The number of piperidine rings is 1. The Labute approximate surface area is 177 Å². The largest absolute Gasteiger partial charge is 0.382 e. The number of hydrogen-bond donors (Lipinski definition) is 1. The molecule has 29 heavy (non-hydrogen) atoms. The van der Waals surface area contributed by atoms with Gasteiger partial charge in [-0.15, -0.1) is 0 Å². The van der Waals surface area contributed by atoms with Crippen LogP contribution in [0.4, 0.5) is 5.82 Å². The van der Waals surface area contributed by atoms with Crippen molar-refractivity contribution in [2.75, 3.05) is 38.6 Å². The molecule has 3 heterocycles. The molecular weight excluding hydrogens is 386 g/mol.